The monoisotopic (exact) mass is 1280 g/mol. The number of carbonyl (C=O) groups is 13. The maximum Gasteiger partial charge on any atom is 0.326 e. The molecule has 1 aliphatic rings. The van der Waals surface area contributed by atoms with E-state index in [-0.39, 0.29) is 80.9 Å². The molecule has 0 unspecified atom stereocenters. The quantitative estimate of drug-likeness (QED) is 0.0118. The molecule has 1 saturated heterocycles. The van der Waals surface area contributed by atoms with Crippen molar-refractivity contribution in [2.75, 3.05) is 31.2 Å². The number of aliphatic hydroxyl groups excluding tert-OH is 3. The Balaban J connectivity index is 3.30. The Morgan fingerprint density at radius 3 is 1.53 bits per heavy atom. The lowest BCUT2D eigenvalue weighted by Crippen LogP contribution is -2.62. The van der Waals surface area contributed by atoms with Gasteiger partial charge in [-0.3, -0.25) is 62.5 Å². The minimum absolute atomic E-state index is 0.00838. The number of likely N-dealkylation sites (tertiary alicyclic amines) is 1. The molecule has 1 aliphatic heterocycles. The number of guanidine groups is 1. The highest BCUT2D eigenvalue weighted by Gasteiger charge is 2.42. The van der Waals surface area contributed by atoms with Gasteiger partial charge in [0.15, 0.2) is 5.96 Å². The van der Waals surface area contributed by atoms with Gasteiger partial charge in [0, 0.05) is 24.6 Å². The Labute approximate surface area is 515 Å². The number of nitrogens with zero attached hydrogens (tertiary/aromatic N) is 2. The molecule has 12 amide bonds. The fraction of sp³-hybridized carbons (Fsp3) is 0.731. The third-order valence-corrected chi connectivity index (χ3v) is 14.2. The van der Waals surface area contributed by atoms with Crippen LogP contribution < -0.4 is 76.1 Å². The zero-order chi connectivity index (χ0) is 66.7. The highest BCUT2D eigenvalue weighted by molar-refractivity contribution is 7.80. The molecule has 494 valence electrons. The van der Waals surface area contributed by atoms with Crippen molar-refractivity contribution in [1.29, 1.82) is 0 Å². The van der Waals surface area contributed by atoms with Crippen LogP contribution in [0.1, 0.15) is 107 Å². The van der Waals surface area contributed by atoms with Crippen LogP contribution in [-0.4, -0.2) is 224 Å². The fourth-order valence-corrected chi connectivity index (χ4v) is 9.11. The molecule has 87 heavy (non-hydrogen) atoms. The molecule has 0 aromatic carbocycles. The van der Waals surface area contributed by atoms with E-state index in [1.54, 1.807) is 41.5 Å². The number of hydrogen-bond donors (Lipinski definition) is 20. The Morgan fingerprint density at radius 2 is 1.02 bits per heavy atom. The van der Waals surface area contributed by atoms with Crippen molar-refractivity contribution < 1.29 is 82.8 Å². The van der Waals surface area contributed by atoms with E-state index in [1.165, 1.54) is 20.8 Å². The predicted octanol–water partition coefficient (Wildman–Crippen LogP) is -7.45. The summed E-state index contributed by atoms with van der Waals surface area (Å²) in [6, 6.07) is -17.6. The standard InChI is InChI=1S/C52H92N16O17S2/c1-22(2)16-29(43(76)59-28(12-10-14-57-52(55)56)41(74)64-33(20-86)45(78)62-31(51(84)85)17-23(3)4)61-49(82)39(27(9)71)67-46(79)35-13-11-15-68(35)50(83)34(21-87)65-48(81)38(24(5)6)66-40(73)25(7)58-42(75)30(18-36(53)72)60-44(77)32(19-69)63-47(80)37(54)26(8)70/h22-35,37-39,69-71,86-87H,10-21,54H2,1-9H3,(H2,53,72)(H,58,75)(H,59,76)(H,60,77)(H,61,82)(H,62,78)(H,63,80)(H,64,74)(H,65,81)(H,66,73)(H,67,79)(H,84,85)(H4,55,56,57)/t25-,26+,27+,28-,29-,30-,31-,32-,33-,34-,35-,37-,38-,39-/m0/s1. The van der Waals surface area contributed by atoms with Crippen LogP contribution in [0, 0.1) is 17.8 Å². The van der Waals surface area contributed by atoms with Crippen LogP contribution >= 0.6 is 25.3 Å². The van der Waals surface area contributed by atoms with E-state index < -0.39 is 181 Å². The smallest absolute Gasteiger partial charge is 0.326 e. The van der Waals surface area contributed by atoms with Crippen LogP contribution in [0.15, 0.2) is 4.99 Å². The number of carboxylic acids is 1. The largest absolute Gasteiger partial charge is 0.480 e. The van der Waals surface area contributed by atoms with Gasteiger partial charge < -0.3 is 101 Å². The normalized spacial score (nSPS) is 17.5. The van der Waals surface area contributed by atoms with Crippen molar-refractivity contribution >= 4 is 108 Å². The molecule has 0 bridgehead atoms. The van der Waals surface area contributed by atoms with Crippen molar-refractivity contribution in [1.82, 2.24) is 58.1 Å². The topological polar surface area (TPSA) is 543 Å². The predicted molar refractivity (Wildman–Crippen MR) is 321 cm³/mol. The lowest BCUT2D eigenvalue weighted by Gasteiger charge is -2.31. The van der Waals surface area contributed by atoms with E-state index in [2.05, 4.69) is 83.4 Å². The Morgan fingerprint density at radius 1 is 0.552 bits per heavy atom. The summed E-state index contributed by atoms with van der Waals surface area (Å²) in [6.45, 7) is 12.7. The van der Waals surface area contributed by atoms with Gasteiger partial charge in [-0.1, -0.05) is 41.5 Å². The lowest BCUT2D eigenvalue weighted by molar-refractivity contribution is -0.143. The fourth-order valence-electron chi connectivity index (χ4n) is 8.60. The van der Waals surface area contributed by atoms with Gasteiger partial charge in [-0.25, -0.2) is 4.79 Å². The Bertz CT molecular complexity index is 2430. The summed E-state index contributed by atoms with van der Waals surface area (Å²) in [5.74, 6) is -14.7. The van der Waals surface area contributed by atoms with Gasteiger partial charge in [0.2, 0.25) is 70.9 Å². The molecule has 0 aromatic heterocycles. The maximum atomic E-state index is 14.2. The first-order valence-electron chi connectivity index (χ1n) is 28.4. The highest BCUT2D eigenvalue weighted by atomic mass is 32.1. The number of carbonyl (C=O) groups excluding carboxylic acids is 12. The summed E-state index contributed by atoms with van der Waals surface area (Å²) in [7, 11) is 0. The van der Waals surface area contributed by atoms with Gasteiger partial charge in [-0.15, -0.1) is 0 Å². The molecule has 1 rings (SSSR count). The van der Waals surface area contributed by atoms with Crippen LogP contribution in [0.3, 0.4) is 0 Å². The molecule has 0 saturated carbocycles. The zero-order valence-corrected chi connectivity index (χ0v) is 52.3. The average molecular weight is 1280 g/mol. The SMILES string of the molecule is CC(C)C[C@H](NC(=O)[C@H](CS)NC(=O)[C@H](CCCN=C(N)N)NC(=O)[C@H](CC(C)C)NC(=O)[C@@H](NC(=O)[C@@H]1CCCN1C(=O)[C@H](CS)NC(=O)[C@@H](NC(=O)[C@H](C)NC(=O)[C@H](CC(N)=O)NC(=O)[C@H](CO)NC(=O)[C@@H](N)[C@@H](C)O)C(C)C)[C@@H](C)O)C(=O)O. The number of carboxylic acid groups (broad SMARTS) is 1. The number of amides is 12. The van der Waals surface area contributed by atoms with Gasteiger partial charge in [-0.05, 0) is 77.0 Å². The average Bonchev–Trinajstić information content (AvgIpc) is 4.21. The number of aliphatic imine (C=N–C) groups is 1. The second-order valence-electron chi connectivity index (χ2n) is 22.3. The molecule has 0 radical (unpaired) electrons. The number of thiol groups is 2. The minimum Gasteiger partial charge on any atom is -0.480 e. The Hall–Kier alpha value is -7.08. The van der Waals surface area contributed by atoms with Gasteiger partial charge in [-0.2, -0.15) is 25.3 Å². The van der Waals surface area contributed by atoms with Gasteiger partial charge in [0.05, 0.1) is 25.2 Å². The molecule has 0 aromatic rings. The lowest BCUT2D eigenvalue weighted by atomic mass is 10.0. The molecule has 33 nitrogen and oxygen atoms in total. The molecule has 1 heterocycles. The maximum absolute atomic E-state index is 14.2. The van der Waals surface area contributed by atoms with Crippen LogP contribution in [0.2, 0.25) is 0 Å². The van der Waals surface area contributed by atoms with Gasteiger partial charge >= 0.3 is 5.97 Å². The summed E-state index contributed by atoms with van der Waals surface area (Å²) in [5, 5.41) is 64.0. The first-order valence-corrected chi connectivity index (χ1v) is 29.6. The third-order valence-electron chi connectivity index (χ3n) is 13.4. The van der Waals surface area contributed by atoms with E-state index in [0.717, 1.165) is 4.90 Å². The first kappa shape index (κ1) is 77.9. The molecule has 0 aliphatic carbocycles. The number of nitrogens with one attached hydrogen (secondary N) is 10. The molecular formula is C52H92N16O17S2. The highest BCUT2D eigenvalue weighted by Crippen LogP contribution is 2.20. The van der Waals surface area contributed by atoms with Crippen molar-refractivity contribution in [2.45, 2.75) is 192 Å². The zero-order valence-electron chi connectivity index (χ0n) is 50.5. The molecule has 14 atom stereocenters. The summed E-state index contributed by atoms with van der Waals surface area (Å²) < 4.78 is 0. The van der Waals surface area contributed by atoms with Crippen molar-refractivity contribution in [3.63, 3.8) is 0 Å². The summed E-state index contributed by atoms with van der Waals surface area (Å²) >= 11 is 8.45. The summed E-state index contributed by atoms with van der Waals surface area (Å²) in [4.78, 5) is 178. The summed E-state index contributed by atoms with van der Waals surface area (Å²) in [6.07, 6.45) is -3.33. The number of hydrogen-bond acceptors (Lipinski definition) is 20. The van der Waals surface area contributed by atoms with Crippen LogP contribution in [0.4, 0.5) is 0 Å². The number of primary amides is 1. The summed E-state index contributed by atoms with van der Waals surface area (Å²) in [5.41, 5.74) is 21.8. The molecule has 22 N–H and O–H groups in total. The van der Waals surface area contributed by atoms with E-state index in [0.29, 0.717) is 0 Å². The molecule has 0 spiro atoms. The number of aliphatic hydroxyl groups is 3. The van der Waals surface area contributed by atoms with E-state index in [4.69, 9.17) is 22.9 Å². The van der Waals surface area contributed by atoms with Crippen LogP contribution in [0.25, 0.3) is 0 Å². The number of nitrogens with two attached hydrogens (primary N) is 4. The Kier molecular flexibility index (Phi) is 34.3. The first-order chi connectivity index (χ1) is 40.5. The second kappa shape index (κ2) is 38.3. The second-order valence-corrected chi connectivity index (χ2v) is 23.1. The van der Waals surface area contributed by atoms with Gasteiger partial charge in [0.1, 0.15) is 72.5 Å². The van der Waals surface area contributed by atoms with Crippen molar-refractivity contribution in [3.8, 4) is 0 Å². The van der Waals surface area contributed by atoms with Crippen LogP contribution in [-0.2, 0) is 62.3 Å². The van der Waals surface area contributed by atoms with Gasteiger partial charge in [0.25, 0.3) is 0 Å². The molecule has 35 heteroatoms. The molecule has 1 fully saturated rings. The van der Waals surface area contributed by atoms with Crippen LogP contribution in [0.5, 0.6) is 0 Å². The van der Waals surface area contributed by atoms with E-state index in [1.807, 2.05) is 0 Å². The van der Waals surface area contributed by atoms with E-state index in [9.17, 15) is 82.8 Å². The minimum atomic E-state index is -1.75. The number of rotatable bonds is 38. The van der Waals surface area contributed by atoms with Crippen molar-refractivity contribution in [3.05, 3.63) is 0 Å². The van der Waals surface area contributed by atoms with E-state index >= 15 is 0 Å². The third kappa shape index (κ3) is 26.8. The molecular weight excluding hydrogens is 1180 g/mol. The van der Waals surface area contributed by atoms with Crippen molar-refractivity contribution in [2.24, 2.45) is 45.7 Å². The number of aliphatic carboxylic acids is 1.